The fourth-order valence-corrected chi connectivity index (χ4v) is 3.35. The summed E-state index contributed by atoms with van der Waals surface area (Å²) in [6.07, 6.45) is 2.26. The number of aryl methyl sites for hydroxylation is 1. The maximum Gasteiger partial charge on any atom is 0.323 e. The zero-order chi connectivity index (χ0) is 22.0. The van der Waals surface area contributed by atoms with Crippen LogP contribution in [0.5, 0.6) is 5.75 Å². The van der Waals surface area contributed by atoms with E-state index >= 15 is 0 Å². The average molecular weight is 422 g/mol. The Balaban J connectivity index is 1.52. The number of methoxy groups -OCH3 is 1. The number of anilines is 2. The fourth-order valence-electron chi connectivity index (χ4n) is 3.35. The van der Waals surface area contributed by atoms with Gasteiger partial charge in [-0.25, -0.2) is 14.2 Å². The van der Waals surface area contributed by atoms with Crippen molar-refractivity contribution in [1.29, 1.82) is 0 Å². The fraction of sp³-hybridized carbons (Fsp3) is 0.261. The predicted molar refractivity (Wildman–Crippen MR) is 117 cm³/mol. The quantitative estimate of drug-likeness (QED) is 0.546. The lowest BCUT2D eigenvalue weighted by molar-refractivity contribution is 0.0948. The van der Waals surface area contributed by atoms with Crippen LogP contribution in [-0.4, -0.2) is 30.6 Å². The first-order valence-electron chi connectivity index (χ1n) is 10.0. The first kappa shape index (κ1) is 20.6. The Morgan fingerprint density at radius 2 is 1.97 bits per heavy atom. The average Bonchev–Trinajstić information content (AvgIpc) is 3.57. The number of ether oxygens (including phenoxy) is 1. The van der Waals surface area contributed by atoms with Gasteiger partial charge in [-0.05, 0) is 56.0 Å². The summed E-state index contributed by atoms with van der Waals surface area (Å²) in [5, 5.41) is 8.85. The van der Waals surface area contributed by atoms with Crippen molar-refractivity contribution in [3.05, 3.63) is 59.5 Å². The van der Waals surface area contributed by atoms with Crippen molar-refractivity contribution in [2.75, 3.05) is 24.3 Å². The Kier molecular flexibility index (Phi) is 5.70. The summed E-state index contributed by atoms with van der Waals surface area (Å²) in [4.78, 5) is 29.4. The molecule has 1 aliphatic rings. The van der Waals surface area contributed by atoms with Crippen LogP contribution in [0, 0.1) is 18.7 Å². The molecule has 160 valence electrons. The largest absolute Gasteiger partial charge is 0.496 e. The molecular weight excluding hydrogens is 399 g/mol. The number of benzene rings is 2. The van der Waals surface area contributed by atoms with Crippen LogP contribution in [0.15, 0.2) is 42.5 Å². The molecule has 0 atom stereocenters. The molecule has 1 saturated carbocycles. The van der Waals surface area contributed by atoms with Crippen molar-refractivity contribution in [3.63, 3.8) is 0 Å². The number of carbonyl (C=O) groups excluding carboxylic acids is 2. The molecule has 7 nitrogen and oxygen atoms in total. The van der Waals surface area contributed by atoms with Gasteiger partial charge < -0.3 is 20.7 Å². The zero-order valence-electron chi connectivity index (χ0n) is 17.3. The summed E-state index contributed by atoms with van der Waals surface area (Å²) in [7, 11) is 1.49. The third-order valence-corrected chi connectivity index (χ3v) is 5.12. The van der Waals surface area contributed by atoms with Gasteiger partial charge in [0, 0.05) is 23.3 Å². The molecule has 2 aromatic carbocycles. The number of urea groups is 1. The van der Waals surface area contributed by atoms with Crippen LogP contribution >= 0.6 is 0 Å². The van der Waals surface area contributed by atoms with Gasteiger partial charge >= 0.3 is 6.03 Å². The van der Waals surface area contributed by atoms with Crippen molar-refractivity contribution in [2.45, 2.75) is 19.8 Å². The number of amides is 3. The number of hydrogen-bond donors (Lipinski definition) is 3. The Bertz CT molecular complexity index is 1160. The van der Waals surface area contributed by atoms with Gasteiger partial charge in [0.15, 0.2) is 0 Å². The topological polar surface area (TPSA) is 92.3 Å². The van der Waals surface area contributed by atoms with Gasteiger partial charge in [0.2, 0.25) is 0 Å². The lowest BCUT2D eigenvalue weighted by Gasteiger charge is -2.13. The molecule has 3 N–H and O–H groups in total. The van der Waals surface area contributed by atoms with Crippen molar-refractivity contribution < 1.29 is 18.7 Å². The van der Waals surface area contributed by atoms with E-state index in [2.05, 4.69) is 20.9 Å². The van der Waals surface area contributed by atoms with E-state index in [4.69, 9.17) is 4.74 Å². The summed E-state index contributed by atoms with van der Waals surface area (Å²) in [5.74, 6) is 0.261. The van der Waals surface area contributed by atoms with Gasteiger partial charge in [0.1, 0.15) is 17.1 Å². The molecule has 0 radical (unpaired) electrons. The van der Waals surface area contributed by atoms with E-state index in [-0.39, 0.29) is 11.4 Å². The van der Waals surface area contributed by atoms with E-state index in [1.165, 1.54) is 13.2 Å². The number of nitrogens with one attached hydrogen (secondary N) is 3. The van der Waals surface area contributed by atoms with E-state index in [0.717, 1.165) is 12.8 Å². The van der Waals surface area contributed by atoms with E-state index in [1.807, 2.05) is 0 Å². The number of halogens is 1. The van der Waals surface area contributed by atoms with Crippen LogP contribution in [-0.2, 0) is 0 Å². The standard InChI is InChI=1S/C23H23FN4O3/c1-13-10-19(16-4-3-5-18(24)21(16)26-13)28-23(30)27-15-8-9-20(31-2)17(11-15)22(29)25-12-14-6-7-14/h3-5,8-11,14H,6-7,12H2,1-2H3,(H,25,29)(H2,26,27,28,30). The van der Waals surface area contributed by atoms with Gasteiger partial charge in [0.05, 0.1) is 18.4 Å². The van der Waals surface area contributed by atoms with Gasteiger partial charge in [0.25, 0.3) is 5.91 Å². The first-order chi connectivity index (χ1) is 14.9. The van der Waals surface area contributed by atoms with Crippen LogP contribution in [0.1, 0.15) is 28.9 Å². The molecule has 0 saturated heterocycles. The molecule has 3 aromatic rings. The number of carbonyl (C=O) groups is 2. The van der Waals surface area contributed by atoms with Crippen LogP contribution in [0.2, 0.25) is 0 Å². The van der Waals surface area contributed by atoms with Gasteiger partial charge in [-0.1, -0.05) is 12.1 Å². The Morgan fingerprint density at radius 3 is 2.71 bits per heavy atom. The molecule has 1 aliphatic carbocycles. The smallest absolute Gasteiger partial charge is 0.323 e. The molecule has 0 bridgehead atoms. The molecule has 4 rings (SSSR count). The van der Waals surface area contributed by atoms with Crippen LogP contribution < -0.4 is 20.7 Å². The number of pyridine rings is 1. The molecule has 0 unspecified atom stereocenters. The summed E-state index contributed by atoms with van der Waals surface area (Å²) in [6, 6.07) is 10.6. The lowest BCUT2D eigenvalue weighted by Crippen LogP contribution is -2.26. The molecule has 31 heavy (non-hydrogen) atoms. The minimum Gasteiger partial charge on any atom is -0.496 e. The Morgan fingerprint density at radius 1 is 1.16 bits per heavy atom. The maximum absolute atomic E-state index is 14.1. The second kappa shape index (κ2) is 8.59. The van der Waals surface area contributed by atoms with E-state index in [9.17, 15) is 14.0 Å². The second-order valence-electron chi connectivity index (χ2n) is 7.59. The normalized spacial score (nSPS) is 13.0. The van der Waals surface area contributed by atoms with Crippen LogP contribution in [0.3, 0.4) is 0 Å². The van der Waals surface area contributed by atoms with Crippen molar-refractivity contribution in [1.82, 2.24) is 10.3 Å². The molecule has 1 fully saturated rings. The number of nitrogens with zero attached hydrogens (tertiary/aromatic N) is 1. The third-order valence-electron chi connectivity index (χ3n) is 5.12. The molecule has 0 aliphatic heterocycles. The van der Waals surface area contributed by atoms with E-state index in [1.54, 1.807) is 43.3 Å². The molecule has 0 spiro atoms. The lowest BCUT2D eigenvalue weighted by atomic mass is 10.1. The van der Waals surface area contributed by atoms with Gasteiger partial charge in [-0.2, -0.15) is 0 Å². The SMILES string of the molecule is COc1ccc(NC(=O)Nc2cc(C)nc3c(F)cccc23)cc1C(=O)NCC1CC1. The number of hydrogen-bond acceptors (Lipinski definition) is 4. The summed E-state index contributed by atoms with van der Waals surface area (Å²) in [5.41, 5.74) is 1.98. The number of para-hydroxylation sites is 1. The molecule has 8 heteroatoms. The molecule has 1 aromatic heterocycles. The molecule has 1 heterocycles. The maximum atomic E-state index is 14.1. The van der Waals surface area contributed by atoms with Crippen molar-refractivity contribution >= 4 is 34.2 Å². The number of fused-ring (bicyclic) bond motifs is 1. The van der Waals surface area contributed by atoms with Gasteiger partial charge in [-0.3, -0.25) is 4.79 Å². The Hall–Kier alpha value is -3.68. The third kappa shape index (κ3) is 4.74. The zero-order valence-corrected chi connectivity index (χ0v) is 17.3. The predicted octanol–water partition coefficient (Wildman–Crippen LogP) is 4.47. The highest BCUT2D eigenvalue weighted by Gasteiger charge is 2.23. The number of rotatable bonds is 6. The highest BCUT2D eigenvalue weighted by molar-refractivity contribution is 6.06. The molecular formula is C23H23FN4O3. The summed E-state index contributed by atoms with van der Waals surface area (Å²) >= 11 is 0. The van der Waals surface area contributed by atoms with E-state index < -0.39 is 11.8 Å². The minimum atomic E-state index is -0.523. The second-order valence-corrected chi connectivity index (χ2v) is 7.59. The highest BCUT2D eigenvalue weighted by Crippen LogP contribution is 2.29. The monoisotopic (exact) mass is 422 g/mol. The highest BCUT2D eigenvalue weighted by atomic mass is 19.1. The Labute approximate surface area is 179 Å². The summed E-state index contributed by atoms with van der Waals surface area (Å²) in [6.45, 7) is 2.36. The van der Waals surface area contributed by atoms with Crippen LogP contribution in [0.4, 0.5) is 20.6 Å². The minimum absolute atomic E-state index is 0.192. The molecule has 3 amide bonds. The van der Waals surface area contributed by atoms with Crippen LogP contribution in [0.25, 0.3) is 10.9 Å². The van der Waals surface area contributed by atoms with Crippen molar-refractivity contribution in [2.24, 2.45) is 5.92 Å². The number of aromatic nitrogens is 1. The summed E-state index contributed by atoms with van der Waals surface area (Å²) < 4.78 is 19.4. The van der Waals surface area contributed by atoms with Crippen molar-refractivity contribution in [3.8, 4) is 5.75 Å². The van der Waals surface area contributed by atoms with E-state index in [0.29, 0.717) is 46.2 Å². The first-order valence-corrected chi connectivity index (χ1v) is 10.0. The van der Waals surface area contributed by atoms with Gasteiger partial charge in [-0.15, -0.1) is 0 Å².